The van der Waals surface area contributed by atoms with Crippen LogP contribution < -0.4 is 10.6 Å². The van der Waals surface area contributed by atoms with Crippen LogP contribution in [-0.4, -0.2) is 32.9 Å². The Balaban J connectivity index is 1.80. The van der Waals surface area contributed by atoms with Gasteiger partial charge in [0.25, 0.3) is 0 Å². The summed E-state index contributed by atoms with van der Waals surface area (Å²) in [5, 5.41) is 22.7. The molecule has 1 aromatic carbocycles. The second-order valence-corrected chi connectivity index (χ2v) is 6.87. The molecule has 3 aromatic rings. The van der Waals surface area contributed by atoms with Gasteiger partial charge in [-0.3, -0.25) is 0 Å². The van der Waals surface area contributed by atoms with Gasteiger partial charge in [0.15, 0.2) is 11.5 Å². The van der Waals surface area contributed by atoms with Crippen molar-refractivity contribution in [3.8, 4) is 6.07 Å². The molecule has 0 spiro atoms. The van der Waals surface area contributed by atoms with E-state index in [2.05, 4.69) is 10.1 Å². The zero-order valence-corrected chi connectivity index (χ0v) is 14.9. The first-order chi connectivity index (χ1) is 13.5. The van der Waals surface area contributed by atoms with Gasteiger partial charge < -0.3 is 15.7 Å². The molecule has 0 saturated carbocycles. The molecular weight excluding hydrogens is 366 g/mol. The van der Waals surface area contributed by atoms with Gasteiger partial charge in [0.1, 0.15) is 29.1 Å². The number of nitrogens with zero attached hydrogens (tertiary/aromatic N) is 5. The Morgan fingerprint density at radius 2 is 2.14 bits per heavy atom. The number of aromatic nitrogens is 3. The highest BCUT2D eigenvalue weighted by Crippen LogP contribution is 2.40. The van der Waals surface area contributed by atoms with E-state index < -0.39 is 17.7 Å². The van der Waals surface area contributed by atoms with Crippen LogP contribution in [0.4, 0.5) is 20.4 Å². The monoisotopic (exact) mass is 384 g/mol. The van der Waals surface area contributed by atoms with Crippen molar-refractivity contribution < 1.29 is 13.9 Å². The molecule has 3 N–H and O–H groups in total. The molecule has 3 heterocycles. The fraction of sp³-hybridized carbons (Fsp3) is 0.316. The highest BCUT2D eigenvalue weighted by molar-refractivity contribution is 5.67. The van der Waals surface area contributed by atoms with Gasteiger partial charge >= 0.3 is 0 Å². The summed E-state index contributed by atoms with van der Waals surface area (Å²) < 4.78 is 29.7. The van der Waals surface area contributed by atoms with E-state index in [1.165, 1.54) is 10.6 Å². The Hall–Kier alpha value is -3.25. The summed E-state index contributed by atoms with van der Waals surface area (Å²) in [6, 6.07) is 6.66. The van der Waals surface area contributed by atoms with Gasteiger partial charge in [-0.1, -0.05) is 0 Å². The van der Waals surface area contributed by atoms with Crippen molar-refractivity contribution in [1.82, 2.24) is 14.6 Å². The van der Waals surface area contributed by atoms with Crippen LogP contribution in [0.25, 0.3) is 5.65 Å². The molecule has 7 nitrogen and oxygen atoms in total. The third kappa shape index (κ3) is 3.01. The van der Waals surface area contributed by atoms with Gasteiger partial charge in [-0.25, -0.2) is 18.3 Å². The minimum absolute atomic E-state index is 0.0149. The minimum Gasteiger partial charge on any atom is -0.396 e. The Bertz CT molecular complexity index is 1080. The van der Waals surface area contributed by atoms with E-state index in [4.69, 9.17) is 5.73 Å². The Labute approximate surface area is 159 Å². The van der Waals surface area contributed by atoms with Crippen LogP contribution in [0.15, 0.2) is 30.5 Å². The maximum absolute atomic E-state index is 14.5. The summed E-state index contributed by atoms with van der Waals surface area (Å²) in [4.78, 5) is 6.39. The lowest BCUT2D eigenvalue weighted by Crippen LogP contribution is -2.25. The molecule has 0 bridgehead atoms. The van der Waals surface area contributed by atoms with Crippen molar-refractivity contribution in [2.24, 2.45) is 5.92 Å². The minimum atomic E-state index is -0.513. The number of hydrogen-bond donors (Lipinski definition) is 2. The number of nitrogen functional groups attached to an aromatic ring is 1. The molecule has 1 fully saturated rings. The van der Waals surface area contributed by atoms with Crippen molar-refractivity contribution in [2.45, 2.75) is 18.9 Å². The molecular formula is C19H18F2N6O. The largest absolute Gasteiger partial charge is 0.396 e. The number of halogens is 2. The summed E-state index contributed by atoms with van der Waals surface area (Å²) in [7, 11) is 0. The molecule has 9 heteroatoms. The molecule has 1 aliphatic heterocycles. The van der Waals surface area contributed by atoms with Gasteiger partial charge in [0.05, 0.1) is 6.04 Å². The van der Waals surface area contributed by atoms with E-state index in [-0.39, 0.29) is 29.5 Å². The summed E-state index contributed by atoms with van der Waals surface area (Å²) in [6.07, 6.45) is 2.74. The van der Waals surface area contributed by atoms with Crippen molar-refractivity contribution in [1.29, 1.82) is 5.26 Å². The number of benzene rings is 1. The molecule has 0 radical (unpaired) electrons. The Morgan fingerprint density at radius 1 is 1.32 bits per heavy atom. The van der Waals surface area contributed by atoms with Crippen molar-refractivity contribution in [3.63, 3.8) is 0 Å². The average Bonchev–Trinajstić information content (AvgIpc) is 3.23. The standard InChI is InChI=1S/C19H18F2N6O/c20-12-1-2-15(21)13(8-12)16-7-11(4-6-28)10-26(16)17-3-5-27-19(24-17)14(9-22)18(23)25-27/h1-3,5,8,11,16,28H,4,6-7,10H2,(H2,23,25)/t11-,16+/m0/s1. The zero-order chi connectivity index (χ0) is 19.8. The van der Waals surface area contributed by atoms with Crippen LogP contribution in [0.5, 0.6) is 0 Å². The lowest BCUT2D eigenvalue weighted by molar-refractivity contribution is 0.261. The summed E-state index contributed by atoms with van der Waals surface area (Å²) in [6.45, 7) is 0.539. The molecule has 28 heavy (non-hydrogen) atoms. The second-order valence-electron chi connectivity index (χ2n) is 6.87. The number of aliphatic hydroxyl groups excluding tert-OH is 1. The van der Waals surface area contributed by atoms with Gasteiger partial charge in [-0.2, -0.15) is 5.26 Å². The van der Waals surface area contributed by atoms with E-state index in [0.717, 1.165) is 12.1 Å². The highest BCUT2D eigenvalue weighted by Gasteiger charge is 2.35. The van der Waals surface area contributed by atoms with E-state index in [1.807, 2.05) is 11.0 Å². The topological polar surface area (TPSA) is 103 Å². The first kappa shape index (κ1) is 18.1. The molecule has 1 saturated heterocycles. The number of aliphatic hydroxyl groups is 1. The number of rotatable bonds is 4. The second kappa shape index (κ2) is 7.05. The first-order valence-corrected chi connectivity index (χ1v) is 8.89. The zero-order valence-electron chi connectivity index (χ0n) is 14.9. The third-order valence-corrected chi connectivity index (χ3v) is 5.15. The SMILES string of the molecule is N#Cc1c(N)nn2ccc(N3C[C@@H](CCO)C[C@@H]3c3cc(F)ccc3F)nc12. The smallest absolute Gasteiger partial charge is 0.177 e. The summed E-state index contributed by atoms with van der Waals surface area (Å²) >= 11 is 0. The van der Waals surface area contributed by atoms with Crippen LogP contribution in [0, 0.1) is 28.9 Å². The van der Waals surface area contributed by atoms with Gasteiger partial charge in [0, 0.05) is 24.9 Å². The predicted octanol–water partition coefficient (Wildman–Crippen LogP) is 2.41. The maximum Gasteiger partial charge on any atom is 0.177 e. The van der Waals surface area contributed by atoms with E-state index in [9.17, 15) is 19.1 Å². The quantitative estimate of drug-likeness (QED) is 0.716. The van der Waals surface area contributed by atoms with Crippen LogP contribution in [0.2, 0.25) is 0 Å². The highest BCUT2D eigenvalue weighted by atomic mass is 19.1. The Morgan fingerprint density at radius 3 is 2.89 bits per heavy atom. The molecule has 4 rings (SSSR count). The number of anilines is 2. The van der Waals surface area contributed by atoms with Crippen LogP contribution >= 0.6 is 0 Å². The third-order valence-electron chi connectivity index (χ3n) is 5.15. The van der Waals surface area contributed by atoms with E-state index in [1.54, 1.807) is 12.3 Å². The van der Waals surface area contributed by atoms with Crippen LogP contribution in [-0.2, 0) is 0 Å². The molecule has 1 aliphatic rings. The molecule has 2 aromatic heterocycles. The fourth-order valence-electron chi connectivity index (χ4n) is 3.84. The number of nitriles is 1. The van der Waals surface area contributed by atoms with E-state index >= 15 is 0 Å². The average molecular weight is 384 g/mol. The van der Waals surface area contributed by atoms with Crippen LogP contribution in [0.1, 0.15) is 30.0 Å². The van der Waals surface area contributed by atoms with Crippen molar-refractivity contribution in [2.75, 3.05) is 23.8 Å². The van der Waals surface area contributed by atoms with Crippen molar-refractivity contribution >= 4 is 17.3 Å². The molecule has 0 amide bonds. The van der Waals surface area contributed by atoms with Gasteiger partial charge in [-0.15, -0.1) is 5.10 Å². The van der Waals surface area contributed by atoms with Gasteiger partial charge in [0.2, 0.25) is 0 Å². The maximum atomic E-state index is 14.5. The number of fused-ring (bicyclic) bond motifs is 1. The predicted molar refractivity (Wildman–Crippen MR) is 98.4 cm³/mol. The fourth-order valence-corrected chi connectivity index (χ4v) is 3.84. The molecule has 2 atom stereocenters. The molecule has 144 valence electrons. The van der Waals surface area contributed by atoms with Gasteiger partial charge in [-0.05, 0) is 43.0 Å². The summed E-state index contributed by atoms with van der Waals surface area (Å²) in [5.41, 5.74) is 6.48. The lowest BCUT2D eigenvalue weighted by atomic mass is 9.97. The lowest BCUT2D eigenvalue weighted by Gasteiger charge is -2.26. The number of hydrogen-bond acceptors (Lipinski definition) is 6. The molecule has 0 unspecified atom stereocenters. The Kier molecular flexibility index (Phi) is 4.57. The normalized spacial score (nSPS) is 19.3. The molecule has 0 aliphatic carbocycles. The van der Waals surface area contributed by atoms with E-state index in [0.29, 0.717) is 30.9 Å². The van der Waals surface area contributed by atoms with Crippen LogP contribution in [0.3, 0.4) is 0 Å². The van der Waals surface area contributed by atoms with Crippen molar-refractivity contribution in [3.05, 3.63) is 53.2 Å². The summed E-state index contributed by atoms with van der Waals surface area (Å²) in [5.74, 6) is -0.312. The number of nitrogens with two attached hydrogens (primary N) is 1. The first-order valence-electron chi connectivity index (χ1n) is 8.89.